The Labute approximate surface area is 114 Å². The second kappa shape index (κ2) is 5.15. The van der Waals surface area contributed by atoms with Gasteiger partial charge >= 0.3 is 0 Å². The molecule has 0 bridgehead atoms. The first kappa shape index (κ1) is 14.4. The molecule has 106 valence electrons. The van der Waals surface area contributed by atoms with Crippen molar-refractivity contribution in [2.75, 3.05) is 0 Å². The summed E-state index contributed by atoms with van der Waals surface area (Å²) in [7, 11) is 0. The van der Waals surface area contributed by atoms with Gasteiger partial charge in [-0.1, -0.05) is 46.5 Å². The topological polar surface area (TPSA) is 3.24 Å². The molecule has 0 radical (unpaired) electrons. The van der Waals surface area contributed by atoms with Gasteiger partial charge in [-0.25, -0.2) is 0 Å². The SMILES string of the molecule is CCCCCCC(C)(CC)N1C(C)C[C@@]2(C)C[C@@H]12. The van der Waals surface area contributed by atoms with E-state index >= 15 is 0 Å². The average Bonchev–Trinajstić information content (AvgIpc) is 2.88. The van der Waals surface area contributed by atoms with Gasteiger partial charge in [-0.3, -0.25) is 4.90 Å². The van der Waals surface area contributed by atoms with E-state index in [0.717, 1.165) is 12.1 Å². The lowest BCUT2D eigenvalue weighted by Gasteiger charge is -2.43. The molecule has 1 heteroatoms. The highest BCUT2D eigenvalue weighted by Crippen LogP contribution is 2.61. The third kappa shape index (κ3) is 2.48. The first-order valence-corrected chi connectivity index (χ1v) is 8.25. The number of hydrogen-bond acceptors (Lipinski definition) is 1. The van der Waals surface area contributed by atoms with Gasteiger partial charge in [-0.05, 0) is 44.9 Å². The molecule has 1 saturated heterocycles. The van der Waals surface area contributed by atoms with E-state index < -0.39 is 0 Å². The third-order valence-electron chi connectivity index (χ3n) is 5.83. The molecule has 1 aliphatic heterocycles. The van der Waals surface area contributed by atoms with Gasteiger partial charge in [0.2, 0.25) is 0 Å². The van der Waals surface area contributed by atoms with Gasteiger partial charge in [0.15, 0.2) is 0 Å². The Morgan fingerprint density at radius 3 is 2.39 bits per heavy atom. The van der Waals surface area contributed by atoms with Crippen LogP contribution in [0.4, 0.5) is 0 Å². The quantitative estimate of drug-likeness (QED) is 0.576. The van der Waals surface area contributed by atoms with E-state index in [1.807, 2.05) is 0 Å². The Hall–Kier alpha value is -0.0400. The number of fused-ring (bicyclic) bond motifs is 1. The minimum atomic E-state index is 0.464. The highest BCUT2D eigenvalue weighted by atomic mass is 15.3. The standard InChI is InChI=1S/C17H33N/c1-6-8-9-10-11-17(5,7-2)18-14(3)12-16(4)13-15(16)18/h14-15H,6-13H2,1-5H3/t14?,15-,16+,17?/m1/s1. The summed E-state index contributed by atoms with van der Waals surface area (Å²) in [6.07, 6.45) is 11.2. The van der Waals surface area contributed by atoms with Gasteiger partial charge < -0.3 is 0 Å². The van der Waals surface area contributed by atoms with Crippen LogP contribution in [0, 0.1) is 5.41 Å². The second-order valence-electron chi connectivity index (χ2n) is 7.50. The van der Waals surface area contributed by atoms with E-state index in [9.17, 15) is 0 Å². The second-order valence-corrected chi connectivity index (χ2v) is 7.50. The van der Waals surface area contributed by atoms with Crippen LogP contribution in [-0.2, 0) is 0 Å². The summed E-state index contributed by atoms with van der Waals surface area (Å²) in [5.41, 5.74) is 1.14. The molecule has 0 N–H and O–H groups in total. The van der Waals surface area contributed by atoms with Crippen molar-refractivity contribution in [3.63, 3.8) is 0 Å². The number of piperidine rings is 1. The van der Waals surface area contributed by atoms with Crippen LogP contribution in [0.5, 0.6) is 0 Å². The molecular formula is C17H33N. The van der Waals surface area contributed by atoms with Crippen LogP contribution in [0.1, 0.15) is 86.0 Å². The van der Waals surface area contributed by atoms with Crippen LogP contribution in [0.25, 0.3) is 0 Å². The van der Waals surface area contributed by atoms with Crippen LogP contribution in [0.3, 0.4) is 0 Å². The lowest BCUT2D eigenvalue weighted by atomic mass is 9.88. The smallest absolute Gasteiger partial charge is 0.0184 e. The number of unbranched alkanes of at least 4 members (excludes halogenated alkanes) is 3. The lowest BCUT2D eigenvalue weighted by molar-refractivity contribution is 0.0597. The Balaban J connectivity index is 1.94. The Morgan fingerprint density at radius 1 is 1.17 bits per heavy atom. The molecule has 1 saturated carbocycles. The van der Waals surface area contributed by atoms with Gasteiger partial charge in [0.1, 0.15) is 0 Å². The van der Waals surface area contributed by atoms with Crippen molar-refractivity contribution in [2.24, 2.45) is 5.41 Å². The number of rotatable bonds is 7. The first-order chi connectivity index (χ1) is 8.47. The maximum Gasteiger partial charge on any atom is 0.0184 e. The monoisotopic (exact) mass is 251 g/mol. The molecular weight excluding hydrogens is 218 g/mol. The van der Waals surface area contributed by atoms with E-state index in [-0.39, 0.29) is 0 Å². The third-order valence-corrected chi connectivity index (χ3v) is 5.83. The van der Waals surface area contributed by atoms with Crippen LogP contribution in [-0.4, -0.2) is 22.5 Å². The van der Waals surface area contributed by atoms with E-state index in [1.165, 1.54) is 51.4 Å². The summed E-state index contributed by atoms with van der Waals surface area (Å²) in [6.45, 7) is 12.2. The van der Waals surface area contributed by atoms with Gasteiger partial charge in [0, 0.05) is 17.6 Å². The molecule has 0 aromatic carbocycles. The van der Waals surface area contributed by atoms with E-state index in [2.05, 4.69) is 39.5 Å². The molecule has 0 aromatic rings. The number of likely N-dealkylation sites (tertiary alicyclic amines) is 1. The fourth-order valence-electron chi connectivity index (χ4n) is 4.45. The molecule has 4 atom stereocenters. The molecule has 1 aliphatic carbocycles. The summed E-state index contributed by atoms with van der Waals surface area (Å²) in [6, 6.07) is 1.72. The fourth-order valence-corrected chi connectivity index (χ4v) is 4.45. The maximum absolute atomic E-state index is 2.90. The average molecular weight is 251 g/mol. The molecule has 2 unspecified atom stereocenters. The van der Waals surface area contributed by atoms with Gasteiger partial charge in [-0.2, -0.15) is 0 Å². The normalized spacial score (nSPS) is 38.5. The molecule has 18 heavy (non-hydrogen) atoms. The number of nitrogens with zero attached hydrogens (tertiary/aromatic N) is 1. The molecule has 0 spiro atoms. The predicted molar refractivity (Wildman–Crippen MR) is 79.9 cm³/mol. The van der Waals surface area contributed by atoms with Crippen molar-refractivity contribution in [2.45, 2.75) is 104 Å². The minimum Gasteiger partial charge on any atom is -0.292 e. The summed E-state index contributed by atoms with van der Waals surface area (Å²) in [5.74, 6) is 0. The Kier molecular flexibility index (Phi) is 4.11. The first-order valence-electron chi connectivity index (χ1n) is 8.25. The van der Waals surface area contributed by atoms with Crippen molar-refractivity contribution < 1.29 is 0 Å². The van der Waals surface area contributed by atoms with Crippen LogP contribution < -0.4 is 0 Å². The van der Waals surface area contributed by atoms with Crippen molar-refractivity contribution in [1.82, 2.24) is 4.90 Å². The van der Waals surface area contributed by atoms with Crippen molar-refractivity contribution in [3.05, 3.63) is 0 Å². The fraction of sp³-hybridized carbons (Fsp3) is 1.00. The van der Waals surface area contributed by atoms with Gasteiger partial charge in [0.05, 0.1) is 0 Å². The van der Waals surface area contributed by atoms with Crippen LogP contribution in [0.2, 0.25) is 0 Å². The summed E-state index contributed by atoms with van der Waals surface area (Å²) in [4.78, 5) is 2.90. The van der Waals surface area contributed by atoms with E-state index in [4.69, 9.17) is 0 Å². The summed E-state index contributed by atoms with van der Waals surface area (Å²) in [5, 5.41) is 0. The molecule has 2 aliphatic rings. The van der Waals surface area contributed by atoms with E-state index in [1.54, 1.807) is 0 Å². The Morgan fingerprint density at radius 2 is 1.89 bits per heavy atom. The molecule has 2 rings (SSSR count). The zero-order valence-corrected chi connectivity index (χ0v) is 13.3. The molecule has 0 amide bonds. The Bertz CT molecular complexity index is 287. The maximum atomic E-state index is 2.90. The zero-order valence-electron chi connectivity index (χ0n) is 13.3. The predicted octanol–water partition coefficient (Wildman–Crippen LogP) is 5.00. The highest BCUT2D eigenvalue weighted by Gasteiger charge is 2.63. The van der Waals surface area contributed by atoms with Crippen molar-refractivity contribution >= 4 is 0 Å². The van der Waals surface area contributed by atoms with Crippen LogP contribution in [0.15, 0.2) is 0 Å². The summed E-state index contributed by atoms with van der Waals surface area (Å²) >= 11 is 0. The zero-order chi connectivity index (χ0) is 13.4. The lowest BCUT2D eigenvalue weighted by Crippen LogP contribution is -2.49. The van der Waals surface area contributed by atoms with E-state index in [0.29, 0.717) is 11.0 Å². The molecule has 0 aromatic heterocycles. The number of hydrogen-bond donors (Lipinski definition) is 0. The van der Waals surface area contributed by atoms with Crippen LogP contribution >= 0.6 is 0 Å². The van der Waals surface area contributed by atoms with Gasteiger partial charge in [-0.15, -0.1) is 0 Å². The van der Waals surface area contributed by atoms with Crippen molar-refractivity contribution in [1.29, 1.82) is 0 Å². The van der Waals surface area contributed by atoms with Gasteiger partial charge in [0.25, 0.3) is 0 Å². The minimum absolute atomic E-state index is 0.464. The highest BCUT2D eigenvalue weighted by molar-refractivity contribution is 5.17. The molecule has 1 nitrogen and oxygen atoms in total. The largest absolute Gasteiger partial charge is 0.292 e. The summed E-state index contributed by atoms with van der Waals surface area (Å²) < 4.78 is 0. The molecule has 1 heterocycles. The molecule has 2 fully saturated rings. The van der Waals surface area contributed by atoms with Crippen molar-refractivity contribution in [3.8, 4) is 0 Å².